The van der Waals surface area contributed by atoms with E-state index < -0.39 is 0 Å². The molecule has 3 heterocycles. The quantitative estimate of drug-likeness (QED) is 0.785. The Kier molecular flexibility index (Phi) is 5.76. The van der Waals surface area contributed by atoms with Crippen LogP contribution in [0, 0.1) is 0 Å². The number of nitrogens with one attached hydrogen (secondary N) is 2. The van der Waals surface area contributed by atoms with Crippen molar-refractivity contribution >= 4 is 17.8 Å². The Hall–Kier alpha value is -2.87. The van der Waals surface area contributed by atoms with Crippen LogP contribution >= 0.6 is 0 Å². The van der Waals surface area contributed by atoms with Gasteiger partial charge in [0.1, 0.15) is 0 Å². The monoisotopic (exact) mass is 411 g/mol. The third kappa shape index (κ3) is 4.05. The third-order valence-electron chi connectivity index (χ3n) is 6.21. The minimum Gasteiger partial charge on any atom is -0.334 e. The molecule has 2 fully saturated rings. The first-order chi connectivity index (χ1) is 14.5. The van der Waals surface area contributed by atoms with Crippen LogP contribution in [0.25, 0.3) is 0 Å². The van der Waals surface area contributed by atoms with Crippen molar-refractivity contribution in [2.45, 2.75) is 38.9 Å². The zero-order valence-electron chi connectivity index (χ0n) is 17.6. The predicted octanol–water partition coefficient (Wildman–Crippen LogP) is 1.28. The lowest BCUT2D eigenvalue weighted by molar-refractivity contribution is -0.121. The lowest BCUT2D eigenvalue weighted by Gasteiger charge is -2.33. The SMILES string of the molecule is CC=C1NC(=O)CCC1N1Cc2cc(CNC(=O)N3CCN(C)CC3)ccc2C1=O. The van der Waals surface area contributed by atoms with Crippen molar-refractivity contribution in [3.8, 4) is 0 Å². The van der Waals surface area contributed by atoms with Crippen LogP contribution in [0.3, 0.4) is 0 Å². The van der Waals surface area contributed by atoms with E-state index in [4.69, 9.17) is 0 Å². The van der Waals surface area contributed by atoms with Gasteiger partial charge in [-0.1, -0.05) is 18.2 Å². The van der Waals surface area contributed by atoms with E-state index in [-0.39, 0.29) is 23.9 Å². The number of carbonyl (C=O) groups excluding carboxylic acids is 3. The number of fused-ring (bicyclic) bond motifs is 1. The van der Waals surface area contributed by atoms with Gasteiger partial charge in [-0.05, 0) is 37.6 Å². The Bertz CT molecular complexity index is 889. The predicted molar refractivity (Wildman–Crippen MR) is 113 cm³/mol. The highest BCUT2D eigenvalue weighted by Crippen LogP contribution is 2.30. The molecule has 1 atom stereocenters. The number of amides is 4. The lowest BCUT2D eigenvalue weighted by Crippen LogP contribution is -2.50. The highest BCUT2D eigenvalue weighted by molar-refractivity contribution is 5.99. The maximum absolute atomic E-state index is 13.0. The number of allylic oxidation sites excluding steroid dienone is 1. The number of hydrogen-bond donors (Lipinski definition) is 2. The molecule has 1 unspecified atom stereocenters. The van der Waals surface area contributed by atoms with Gasteiger partial charge in [0.15, 0.2) is 0 Å². The number of piperazine rings is 1. The van der Waals surface area contributed by atoms with E-state index in [9.17, 15) is 14.4 Å². The summed E-state index contributed by atoms with van der Waals surface area (Å²) >= 11 is 0. The highest BCUT2D eigenvalue weighted by atomic mass is 16.2. The van der Waals surface area contributed by atoms with Crippen LogP contribution in [-0.4, -0.2) is 71.8 Å². The number of benzene rings is 1. The van der Waals surface area contributed by atoms with Crippen molar-refractivity contribution in [3.05, 3.63) is 46.7 Å². The number of hydrogen-bond acceptors (Lipinski definition) is 4. The number of piperidine rings is 1. The van der Waals surface area contributed by atoms with Crippen molar-refractivity contribution in [1.82, 2.24) is 25.3 Å². The van der Waals surface area contributed by atoms with Gasteiger partial charge < -0.3 is 25.3 Å². The summed E-state index contributed by atoms with van der Waals surface area (Å²) in [4.78, 5) is 43.0. The maximum atomic E-state index is 13.0. The fourth-order valence-corrected chi connectivity index (χ4v) is 4.38. The number of nitrogens with zero attached hydrogens (tertiary/aromatic N) is 3. The topological polar surface area (TPSA) is 85.0 Å². The molecule has 0 saturated carbocycles. The molecule has 3 aliphatic heterocycles. The van der Waals surface area contributed by atoms with Crippen LogP contribution in [0.1, 0.15) is 41.3 Å². The molecule has 4 amide bonds. The van der Waals surface area contributed by atoms with Crippen LogP contribution < -0.4 is 10.6 Å². The molecule has 0 aromatic heterocycles. The second-order valence-corrected chi connectivity index (χ2v) is 8.22. The molecule has 4 rings (SSSR count). The van der Waals surface area contributed by atoms with Gasteiger partial charge in [-0.3, -0.25) is 9.59 Å². The number of carbonyl (C=O) groups is 3. The average Bonchev–Trinajstić information content (AvgIpc) is 3.08. The molecule has 2 N–H and O–H groups in total. The van der Waals surface area contributed by atoms with Crippen molar-refractivity contribution in [3.63, 3.8) is 0 Å². The summed E-state index contributed by atoms with van der Waals surface area (Å²) in [5.74, 6) is 0.000379. The maximum Gasteiger partial charge on any atom is 0.317 e. The van der Waals surface area contributed by atoms with Crippen LogP contribution in [0.15, 0.2) is 30.0 Å². The van der Waals surface area contributed by atoms with Gasteiger partial charge in [0.2, 0.25) is 5.91 Å². The Morgan fingerprint density at radius 3 is 2.73 bits per heavy atom. The summed E-state index contributed by atoms with van der Waals surface area (Å²) in [5, 5.41) is 5.89. The fraction of sp³-hybridized carbons (Fsp3) is 0.500. The van der Waals surface area contributed by atoms with Crippen LogP contribution in [0.5, 0.6) is 0 Å². The second-order valence-electron chi connectivity index (χ2n) is 8.22. The van der Waals surface area contributed by atoms with Gasteiger partial charge >= 0.3 is 6.03 Å². The van der Waals surface area contributed by atoms with Crippen molar-refractivity contribution < 1.29 is 14.4 Å². The number of urea groups is 1. The molecule has 8 nitrogen and oxygen atoms in total. The largest absolute Gasteiger partial charge is 0.334 e. The Balaban J connectivity index is 1.40. The zero-order valence-corrected chi connectivity index (χ0v) is 17.6. The first-order valence-corrected chi connectivity index (χ1v) is 10.6. The van der Waals surface area contributed by atoms with Gasteiger partial charge in [-0.25, -0.2) is 4.79 Å². The van der Waals surface area contributed by atoms with E-state index >= 15 is 0 Å². The fourth-order valence-electron chi connectivity index (χ4n) is 4.38. The first-order valence-electron chi connectivity index (χ1n) is 10.6. The van der Waals surface area contributed by atoms with Crippen LogP contribution in [0.2, 0.25) is 0 Å². The molecule has 3 aliphatic rings. The summed E-state index contributed by atoms with van der Waals surface area (Å²) < 4.78 is 0. The van der Waals surface area contributed by atoms with E-state index in [2.05, 4.69) is 22.6 Å². The molecule has 2 saturated heterocycles. The van der Waals surface area contributed by atoms with E-state index in [0.717, 1.165) is 43.0 Å². The summed E-state index contributed by atoms with van der Waals surface area (Å²) in [6.45, 7) is 6.09. The molecule has 30 heavy (non-hydrogen) atoms. The van der Waals surface area contributed by atoms with Crippen molar-refractivity contribution in [2.24, 2.45) is 0 Å². The lowest BCUT2D eigenvalue weighted by atomic mass is 10.0. The molecule has 0 bridgehead atoms. The summed E-state index contributed by atoms with van der Waals surface area (Å²) in [6, 6.07) is 5.62. The van der Waals surface area contributed by atoms with Gasteiger partial charge in [0.05, 0.1) is 6.04 Å². The summed E-state index contributed by atoms with van der Waals surface area (Å²) in [7, 11) is 2.06. The molecular formula is C22H29N5O3. The molecule has 1 aromatic rings. The van der Waals surface area contributed by atoms with Crippen LogP contribution in [0.4, 0.5) is 4.79 Å². The smallest absolute Gasteiger partial charge is 0.317 e. The Labute approximate surface area is 176 Å². The molecule has 0 radical (unpaired) electrons. The van der Waals surface area contributed by atoms with E-state index in [1.807, 2.05) is 41.0 Å². The van der Waals surface area contributed by atoms with Crippen molar-refractivity contribution in [2.75, 3.05) is 33.2 Å². The van der Waals surface area contributed by atoms with Gasteiger partial charge in [-0.2, -0.15) is 0 Å². The van der Waals surface area contributed by atoms with Gasteiger partial charge in [0.25, 0.3) is 5.91 Å². The average molecular weight is 412 g/mol. The van der Waals surface area contributed by atoms with Gasteiger partial charge in [-0.15, -0.1) is 0 Å². The Morgan fingerprint density at radius 2 is 2.00 bits per heavy atom. The highest BCUT2D eigenvalue weighted by Gasteiger charge is 2.36. The molecule has 0 aliphatic carbocycles. The number of likely N-dealkylation sites (N-methyl/N-ethyl adjacent to an activating group) is 1. The second kappa shape index (κ2) is 8.47. The first kappa shape index (κ1) is 20.4. The zero-order chi connectivity index (χ0) is 21.3. The molecule has 160 valence electrons. The Morgan fingerprint density at radius 1 is 1.23 bits per heavy atom. The molecule has 0 spiro atoms. The van der Waals surface area contributed by atoms with Crippen LogP contribution in [-0.2, 0) is 17.9 Å². The molecule has 8 heteroatoms. The minimum atomic E-state index is -0.104. The standard InChI is InChI=1S/C22H29N5O3/c1-3-18-19(6-7-20(28)24-18)27-14-16-12-15(4-5-17(16)21(27)29)13-23-22(30)26-10-8-25(2)9-11-26/h3-5,12,19H,6-11,13-14H2,1-2H3,(H,23,30)(H,24,28). The number of rotatable bonds is 3. The summed E-state index contributed by atoms with van der Waals surface area (Å²) in [6.07, 6.45) is 2.93. The van der Waals surface area contributed by atoms with E-state index in [0.29, 0.717) is 31.5 Å². The van der Waals surface area contributed by atoms with Crippen molar-refractivity contribution in [1.29, 1.82) is 0 Å². The normalized spacial score (nSPS) is 23.5. The molecular weight excluding hydrogens is 382 g/mol. The minimum absolute atomic E-state index is 0.00137. The van der Waals surface area contributed by atoms with Gasteiger partial charge in [0, 0.05) is 56.9 Å². The summed E-state index contributed by atoms with van der Waals surface area (Å²) in [5.41, 5.74) is 3.45. The van der Waals surface area contributed by atoms with E-state index in [1.54, 1.807) is 0 Å². The third-order valence-corrected chi connectivity index (χ3v) is 6.21. The molecule has 1 aromatic carbocycles. The van der Waals surface area contributed by atoms with E-state index in [1.165, 1.54) is 0 Å².